The van der Waals surface area contributed by atoms with E-state index in [-0.39, 0.29) is 0 Å². The molecule has 1 aromatic heterocycles. The largest absolute Gasteiger partial charge is 0.496 e. The Morgan fingerprint density at radius 2 is 1.95 bits per heavy atom. The summed E-state index contributed by atoms with van der Waals surface area (Å²) >= 11 is 0. The molecule has 1 heterocycles. The first kappa shape index (κ1) is 14.6. The second kappa shape index (κ2) is 5.67. The number of aryl methyl sites for hydroxylation is 2. The summed E-state index contributed by atoms with van der Waals surface area (Å²) in [7, 11) is 1.62. The zero-order chi connectivity index (χ0) is 14.9. The van der Waals surface area contributed by atoms with E-state index in [2.05, 4.69) is 5.10 Å². The summed E-state index contributed by atoms with van der Waals surface area (Å²) in [4.78, 5) is 0. The van der Waals surface area contributed by atoms with Gasteiger partial charge in [0.2, 0.25) is 0 Å². The Bertz CT molecular complexity index is 617. The lowest BCUT2D eigenvalue weighted by atomic mass is 10.1. The maximum atomic E-state index is 10.5. The average molecular weight is 274 g/mol. The minimum atomic E-state index is -0.637. The molecule has 0 aliphatic carbocycles. The summed E-state index contributed by atoms with van der Waals surface area (Å²) in [6.07, 6.45) is -0.637. The predicted octanol–water partition coefficient (Wildman–Crippen LogP) is 2.86. The highest BCUT2D eigenvalue weighted by atomic mass is 16.5. The minimum Gasteiger partial charge on any atom is -0.496 e. The normalized spacial score (nSPS) is 12.5. The molecule has 2 rings (SSSR count). The predicted molar refractivity (Wildman–Crippen MR) is 79.1 cm³/mol. The fourth-order valence-electron chi connectivity index (χ4n) is 2.34. The molecule has 1 unspecified atom stereocenters. The molecule has 0 bridgehead atoms. The van der Waals surface area contributed by atoms with Gasteiger partial charge in [0.1, 0.15) is 11.9 Å². The van der Waals surface area contributed by atoms with Gasteiger partial charge >= 0.3 is 0 Å². The zero-order valence-corrected chi connectivity index (χ0v) is 12.8. The van der Waals surface area contributed by atoms with Crippen LogP contribution in [-0.2, 0) is 6.54 Å². The second-order valence-electron chi connectivity index (χ2n) is 5.24. The van der Waals surface area contributed by atoms with Crippen molar-refractivity contribution in [3.63, 3.8) is 0 Å². The minimum absolute atomic E-state index is 0.431. The maximum absolute atomic E-state index is 10.5. The lowest BCUT2D eigenvalue weighted by Crippen LogP contribution is -2.12. The number of nitrogens with zero attached hydrogens (tertiary/aromatic N) is 2. The number of aromatic nitrogens is 2. The summed E-state index contributed by atoms with van der Waals surface area (Å²) in [5.74, 6) is 0.710. The molecule has 0 spiro atoms. The maximum Gasteiger partial charge on any atom is 0.124 e. The molecule has 108 valence electrons. The van der Waals surface area contributed by atoms with Crippen LogP contribution in [0.15, 0.2) is 18.2 Å². The molecule has 1 aromatic carbocycles. The first-order valence-corrected chi connectivity index (χ1v) is 6.77. The fourth-order valence-corrected chi connectivity index (χ4v) is 2.34. The van der Waals surface area contributed by atoms with Gasteiger partial charge in [-0.1, -0.05) is 11.6 Å². The van der Waals surface area contributed by atoms with Gasteiger partial charge in [0.05, 0.1) is 19.3 Å². The summed E-state index contributed by atoms with van der Waals surface area (Å²) < 4.78 is 7.19. The van der Waals surface area contributed by atoms with E-state index < -0.39 is 6.10 Å². The van der Waals surface area contributed by atoms with Gasteiger partial charge in [0.25, 0.3) is 0 Å². The molecule has 0 saturated heterocycles. The Labute approximate surface area is 120 Å². The van der Waals surface area contributed by atoms with Crippen molar-refractivity contribution in [1.29, 1.82) is 0 Å². The van der Waals surface area contributed by atoms with Crippen molar-refractivity contribution < 1.29 is 9.84 Å². The third-order valence-corrected chi connectivity index (χ3v) is 3.83. The molecule has 0 fully saturated rings. The number of rotatable bonds is 4. The SMILES string of the molecule is COc1ccc(C)cc1C(O)Cn1nc(C)c(C)c1C. The van der Waals surface area contributed by atoms with Crippen molar-refractivity contribution in [2.24, 2.45) is 0 Å². The molecule has 2 aromatic rings. The molecule has 0 amide bonds. The van der Waals surface area contributed by atoms with Gasteiger partial charge in [-0.25, -0.2) is 0 Å². The van der Waals surface area contributed by atoms with E-state index in [1.54, 1.807) is 7.11 Å². The van der Waals surface area contributed by atoms with Crippen LogP contribution in [0, 0.1) is 27.7 Å². The fraction of sp³-hybridized carbons (Fsp3) is 0.438. The average Bonchev–Trinajstić information content (AvgIpc) is 2.66. The van der Waals surface area contributed by atoms with Crippen LogP contribution in [0.2, 0.25) is 0 Å². The second-order valence-corrected chi connectivity index (χ2v) is 5.24. The van der Waals surface area contributed by atoms with Crippen molar-refractivity contribution in [3.05, 3.63) is 46.3 Å². The Hall–Kier alpha value is -1.81. The van der Waals surface area contributed by atoms with Gasteiger partial charge in [0.15, 0.2) is 0 Å². The van der Waals surface area contributed by atoms with Crippen LogP contribution < -0.4 is 4.74 Å². The van der Waals surface area contributed by atoms with Crippen molar-refractivity contribution >= 4 is 0 Å². The van der Waals surface area contributed by atoms with Crippen molar-refractivity contribution in [1.82, 2.24) is 9.78 Å². The Balaban J connectivity index is 2.30. The monoisotopic (exact) mass is 274 g/mol. The number of hydrogen-bond acceptors (Lipinski definition) is 3. The summed E-state index contributed by atoms with van der Waals surface area (Å²) in [5.41, 5.74) is 5.18. The standard InChI is InChI=1S/C16H22N2O2/c1-10-6-7-16(20-5)14(8-10)15(19)9-18-13(4)11(2)12(3)17-18/h6-8,15,19H,9H2,1-5H3. The third-order valence-electron chi connectivity index (χ3n) is 3.83. The van der Waals surface area contributed by atoms with Gasteiger partial charge in [-0.2, -0.15) is 5.10 Å². The molecular weight excluding hydrogens is 252 g/mol. The first-order valence-electron chi connectivity index (χ1n) is 6.77. The Kier molecular flexibility index (Phi) is 4.14. The first-order chi connectivity index (χ1) is 9.43. The van der Waals surface area contributed by atoms with Crippen LogP contribution >= 0.6 is 0 Å². The lowest BCUT2D eigenvalue weighted by molar-refractivity contribution is 0.146. The van der Waals surface area contributed by atoms with Gasteiger partial charge in [-0.05, 0) is 45.4 Å². The molecule has 0 aliphatic rings. The molecule has 0 saturated carbocycles. The molecule has 1 N–H and O–H groups in total. The van der Waals surface area contributed by atoms with E-state index in [9.17, 15) is 5.11 Å². The Morgan fingerprint density at radius 1 is 1.25 bits per heavy atom. The van der Waals surface area contributed by atoms with Gasteiger partial charge in [-0.3, -0.25) is 4.68 Å². The number of aliphatic hydroxyl groups excluding tert-OH is 1. The molecule has 20 heavy (non-hydrogen) atoms. The summed E-state index contributed by atoms with van der Waals surface area (Å²) in [6, 6.07) is 5.82. The van der Waals surface area contributed by atoms with Crippen molar-refractivity contribution in [3.8, 4) is 5.75 Å². The highest BCUT2D eigenvalue weighted by Gasteiger charge is 2.17. The number of benzene rings is 1. The Morgan fingerprint density at radius 3 is 2.50 bits per heavy atom. The molecule has 0 radical (unpaired) electrons. The van der Waals surface area contributed by atoms with Gasteiger partial charge in [-0.15, -0.1) is 0 Å². The van der Waals surface area contributed by atoms with E-state index in [1.807, 2.05) is 50.6 Å². The smallest absolute Gasteiger partial charge is 0.124 e. The van der Waals surface area contributed by atoms with Gasteiger partial charge < -0.3 is 9.84 Å². The van der Waals surface area contributed by atoms with E-state index >= 15 is 0 Å². The van der Waals surface area contributed by atoms with Crippen LogP contribution in [0.1, 0.15) is 34.2 Å². The number of methoxy groups -OCH3 is 1. The van der Waals surface area contributed by atoms with Crippen LogP contribution in [0.4, 0.5) is 0 Å². The molecule has 0 aliphatic heterocycles. The van der Waals surface area contributed by atoms with E-state index in [4.69, 9.17) is 4.74 Å². The topological polar surface area (TPSA) is 47.3 Å². The van der Waals surface area contributed by atoms with E-state index in [1.165, 1.54) is 5.56 Å². The molecule has 4 heteroatoms. The van der Waals surface area contributed by atoms with Crippen molar-refractivity contribution in [2.45, 2.75) is 40.3 Å². The van der Waals surface area contributed by atoms with Gasteiger partial charge in [0, 0.05) is 11.3 Å². The van der Waals surface area contributed by atoms with Crippen LogP contribution in [0.3, 0.4) is 0 Å². The van der Waals surface area contributed by atoms with Crippen LogP contribution in [0.5, 0.6) is 5.75 Å². The zero-order valence-electron chi connectivity index (χ0n) is 12.8. The quantitative estimate of drug-likeness (QED) is 0.932. The number of hydrogen-bond donors (Lipinski definition) is 1. The van der Waals surface area contributed by atoms with E-state index in [0.29, 0.717) is 12.3 Å². The molecular formula is C16H22N2O2. The van der Waals surface area contributed by atoms with Crippen LogP contribution in [0.25, 0.3) is 0 Å². The molecule has 1 atom stereocenters. The molecule has 4 nitrogen and oxygen atoms in total. The highest BCUT2D eigenvalue weighted by molar-refractivity contribution is 5.38. The third kappa shape index (κ3) is 2.70. The number of aliphatic hydroxyl groups is 1. The van der Waals surface area contributed by atoms with E-state index in [0.717, 1.165) is 22.5 Å². The lowest BCUT2D eigenvalue weighted by Gasteiger charge is -2.16. The summed E-state index contributed by atoms with van der Waals surface area (Å²) in [5, 5.41) is 15.0. The number of ether oxygens (including phenoxy) is 1. The van der Waals surface area contributed by atoms with Crippen molar-refractivity contribution in [2.75, 3.05) is 7.11 Å². The van der Waals surface area contributed by atoms with Crippen LogP contribution in [-0.4, -0.2) is 22.0 Å². The summed E-state index contributed by atoms with van der Waals surface area (Å²) in [6.45, 7) is 8.49. The highest BCUT2D eigenvalue weighted by Crippen LogP contribution is 2.28.